The second-order valence-electron chi connectivity index (χ2n) is 14.1. The molecule has 0 unspecified atom stereocenters. The first-order valence-electron chi connectivity index (χ1n) is 19.5. The van der Waals surface area contributed by atoms with Gasteiger partial charge in [-0.05, 0) is 108 Å². The molecular formula is C53H48N2O. The van der Waals surface area contributed by atoms with Crippen LogP contribution in [0.25, 0.3) is 49.9 Å². The largest absolute Gasteiger partial charge is 0.456 e. The monoisotopic (exact) mass is 728 g/mol. The van der Waals surface area contributed by atoms with E-state index in [1.807, 2.05) is 93.6 Å². The quantitative estimate of drug-likeness (QED) is 0.128. The molecule has 1 aliphatic carbocycles. The van der Waals surface area contributed by atoms with Crippen molar-refractivity contribution in [1.82, 2.24) is 0 Å². The lowest BCUT2D eigenvalue weighted by atomic mass is 9.92. The van der Waals surface area contributed by atoms with Crippen LogP contribution < -0.4 is 0 Å². The van der Waals surface area contributed by atoms with Crippen LogP contribution in [0.5, 0.6) is 0 Å². The molecule has 0 atom stereocenters. The highest BCUT2D eigenvalue weighted by molar-refractivity contribution is 6.14. The van der Waals surface area contributed by atoms with E-state index < -0.39 is 0 Å². The molecule has 276 valence electrons. The van der Waals surface area contributed by atoms with Gasteiger partial charge in [-0.2, -0.15) is 0 Å². The Bertz CT molecular complexity index is 2730. The minimum atomic E-state index is 0.628. The van der Waals surface area contributed by atoms with E-state index in [4.69, 9.17) is 14.4 Å². The summed E-state index contributed by atoms with van der Waals surface area (Å²) in [6.45, 7) is 16.8. The van der Waals surface area contributed by atoms with Gasteiger partial charge in [-0.3, -0.25) is 0 Å². The molecule has 7 aromatic carbocycles. The molecule has 0 fully saturated rings. The lowest BCUT2D eigenvalue weighted by molar-refractivity contribution is 0.669. The molecule has 0 N–H and O–H groups in total. The van der Waals surface area contributed by atoms with E-state index in [1.54, 1.807) is 0 Å². The average Bonchev–Trinajstić information content (AvgIpc) is 3.79. The molecule has 1 heterocycles. The molecule has 9 rings (SSSR count). The maximum Gasteiger partial charge on any atom is 0.160 e. The third kappa shape index (κ3) is 7.80. The van der Waals surface area contributed by atoms with E-state index in [0.717, 1.165) is 50.8 Å². The number of aryl methyl sites for hydroxylation is 3. The lowest BCUT2D eigenvalue weighted by Gasteiger charge is -2.12. The first-order chi connectivity index (χ1) is 27.3. The minimum Gasteiger partial charge on any atom is -0.456 e. The predicted octanol–water partition coefficient (Wildman–Crippen LogP) is 14.4. The van der Waals surface area contributed by atoms with Gasteiger partial charge in [0.2, 0.25) is 0 Å². The third-order valence-electron chi connectivity index (χ3n) is 10.3. The van der Waals surface area contributed by atoms with Gasteiger partial charge in [0, 0.05) is 27.6 Å². The van der Waals surface area contributed by atoms with Crippen molar-refractivity contribution in [2.24, 2.45) is 9.98 Å². The van der Waals surface area contributed by atoms with E-state index in [0.29, 0.717) is 11.5 Å². The second kappa shape index (κ2) is 16.8. The summed E-state index contributed by atoms with van der Waals surface area (Å²) in [7, 11) is 0. The second-order valence-corrected chi connectivity index (χ2v) is 14.1. The van der Waals surface area contributed by atoms with Gasteiger partial charge in [0.05, 0.1) is 5.70 Å². The molecule has 0 saturated carbocycles. The number of rotatable bonds is 5. The summed E-state index contributed by atoms with van der Waals surface area (Å²) in [6, 6.07) is 54.6. The van der Waals surface area contributed by atoms with Crippen molar-refractivity contribution in [3.8, 4) is 22.3 Å². The molecule has 1 aliphatic rings. The van der Waals surface area contributed by atoms with Crippen molar-refractivity contribution < 1.29 is 4.42 Å². The van der Waals surface area contributed by atoms with E-state index in [9.17, 15) is 0 Å². The van der Waals surface area contributed by atoms with Crippen LogP contribution in [-0.4, -0.2) is 11.5 Å². The van der Waals surface area contributed by atoms with Crippen LogP contribution in [-0.2, 0) is 6.42 Å². The van der Waals surface area contributed by atoms with E-state index in [-0.39, 0.29) is 0 Å². The Morgan fingerprint density at radius 1 is 0.536 bits per heavy atom. The predicted molar refractivity (Wildman–Crippen MR) is 240 cm³/mol. The van der Waals surface area contributed by atoms with Gasteiger partial charge in [0.1, 0.15) is 11.2 Å². The summed E-state index contributed by atoms with van der Waals surface area (Å²) >= 11 is 0. The number of furan rings is 1. The van der Waals surface area contributed by atoms with E-state index in [1.165, 1.54) is 50.1 Å². The fourth-order valence-electron chi connectivity index (χ4n) is 7.47. The first kappa shape index (κ1) is 37.7. The fraction of sp³-hybridized carbons (Fsp3) is 0.132. The Morgan fingerprint density at radius 2 is 1.20 bits per heavy atom. The van der Waals surface area contributed by atoms with Gasteiger partial charge < -0.3 is 4.42 Å². The van der Waals surface area contributed by atoms with Crippen molar-refractivity contribution in [3.05, 3.63) is 209 Å². The number of nitrogens with zero attached hydrogens (tertiary/aromatic N) is 2. The number of hydrogen-bond acceptors (Lipinski definition) is 2. The topological polar surface area (TPSA) is 37.9 Å². The molecule has 3 heteroatoms. The molecule has 0 aliphatic heterocycles. The number of benzene rings is 7. The summed E-state index contributed by atoms with van der Waals surface area (Å²) in [5, 5.41) is 2.10. The summed E-state index contributed by atoms with van der Waals surface area (Å²) in [5.41, 5.74) is 18.5. The molecule has 3 nitrogen and oxygen atoms in total. The lowest BCUT2D eigenvalue weighted by Crippen LogP contribution is -2.04. The van der Waals surface area contributed by atoms with Crippen molar-refractivity contribution >= 4 is 39.2 Å². The highest BCUT2D eigenvalue weighted by atomic mass is 16.3. The molecule has 0 radical (unpaired) electrons. The summed E-state index contributed by atoms with van der Waals surface area (Å²) in [5.74, 6) is 0.628. The molecule has 8 aromatic rings. The maximum absolute atomic E-state index is 6.09. The standard InChI is InChI=1S/C30H24N2O.C21H18.C2H6/c1-20-17-18-27-26(19-20)29-25(15-10-16-28(29)33-27)22(3)32-30(24-13-8-5-9-14-24)31-21(2)23-11-6-4-7-12-23;1-14-7-3-5-9-18(14)20-13-17-12-16-8-4-6-10-19(16)21(17)11-15(20)2;1-2/h4-19H,3H2,1-2H3;3-11,13H,12H2,1-2H3;1-2H3. The zero-order chi connectivity index (χ0) is 39.2. The molecule has 0 amide bonds. The minimum absolute atomic E-state index is 0.628. The molecular weight excluding hydrogens is 681 g/mol. The Morgan fingerprint density at radius 3 is 1.93 bits per heavy atom. The highest BCUT2D eigenvalue weighted by Gasteiger charge is 2.20. The van der Waals surface area contributed by atoms with Crippen LogP contribution in [0.1, 0.15) is 65.3 Å². The Labute approximate surface area is 331 Å². The van der Waals surface area contributed by atoms with Crippen molar-refractivity contribution in [1.29, 1.82) is 0 Å². The Balaban J connectivity index is 0.000000179. The zero-order valence-corrected chi connectivity index (χ0v) is 33.2. The van der Waals surface area contributed by atoms with Gasteiger partial charge in [0.25, 0.3) is 0 Å². The Hall–Kier alpha value is -6.58. The van der Waals surface area contributed by atoms with Crippen LogP contribution in [0.2, 0.25) is 0 Å². The number of amidine groups is 1. The van der Waals surface area contributed by atoms with Crippen LogP contribution >= 0.6 is 0 Å². The van der Waals surface area contributed by atoms with Crippen LogP contribution in [0.15, 0.2) is 179 Å². The summed E-state index contributed by atoms with van der Waals surface area (Å²) < 4.78 is 6.09. The van der Waals surface area contributed by atoms with Gasteiger partial charge in [0.15, 0.2) is 5.84 Å². The normalized spacial score (nSPS) is 12.0. The first-order valence-corrected chi connectivity index (χ1v) is 19.5. The maximum atomic E-state index is 6.09. The third-order valence-corrected chi connectivity index (χ3v) is 10.3. The fourth-order valence-corrected chi connectivity index (χ4v) is 7.47. The van der Waals surface area contributed by atoms with Crippen molar-refractivity contribution in [3.63, 3.8) is 0 Å². The SMILES string of the molecule is C=C(N=C(N=C(C)c1ccccc1)c1ccccc1)c1cccc2oc3ccc(C)cc3c12.CC.Cc1ccccc1-c1cc2c(cc1C)-c1ccccc1C2. The highest BCUT2D eigenvalue weighted by Crippen LogP contribution is 2.41. The van der Waals surface area contributed by atoms with Gasteiger partial charge >= 0.3 is 0 Å². The molecule has 0 bridgehead atoms. The van der Waals surface area contributed by atoms with Gasteiger partial charge in [-0.15, -0.1) is 0 Å². The molecule has 1 aromatic heterocycles. The van der Waals surface area contributed by atoms with Crippen LogP contribution in [0.4, 0.5) is 0 Å². The number of hydrogen-bond donors (Lipinski definition) is 0. The van der Waals surface area contributed by atoms with Crippen molar-refractivity contribution in [2.75, 3.05) is 0 Å². The van der Waals surface area contributed by atoms with E-state index >= 15 is 0 Å². The van der Waals surface area contributed by atoms with Crippen LogP contribution in [0.3, 0.4) is 0 Å². The zero-order valence-electron chi connectivity index (χ0n) is 33.2. The van der Waals surface area contributed by atoms with Crippen molar-refractivity contribution in [2.45, 2.75) is 48.0 Å². The summed E-state index contributed by atoms with van der Waals surface area (Å²) in [4.78, 5) is 9.84. The average molecular weight is 729 g/mol. The smallest absolute Gasteiger partial charge is 0.160 e. The molecule has 0 saturated heterocycles. The van der Waals surface area contributed by atoms with Gasteiger partial charge in [-0.25, -0.2) is 9.98 Å². The molecule has 56 heavy (non-hydrogen) atoms. The number of aliphatic imine (C=N–C) groups is 2. The molecule has 0 spiro atoms. The Kier molecular flexibility index (Phi) is 11.3. The van der Waals surface area contributed by atoms with Gasteiger partial charge in [-0.1, -0.05) is 159 Å². The summed E-state index contributed by atoms with van der Waals surface area (Å²) in [6.07, 6.45) is 1.06. The number of fused-ring (bicyclic) bond motifs is 6. The van der Waals surface area contributed by atoms with E-state index in [2.05, 4.69) is 112 Å². The van der Waals surface area contributed by atoms with Crippen LogP contribution in [0, 0.1) is 20.8 Å².